The molecule has 3 fully saturated rings. The number of para-hydroxylation sites is 1. The van der Waals surface area contributed by atoms with Crippen molar-refractivity contribution in [1.29, 1.82) is 0 Å². The number of carbonyl (C=O) groups is 3. The van der Waals surface area contributed by atoms with Crippen molar-refractivity contribution in [1.82, 2.24) is 20.1 Å². The predicted molar refractivity (Wildman–Crippen MR) is 143 cm³/mol. The van der Waals surface area contributed by atoms with Gasteiger partial charge in [-0.2, -0.15) is 0 Å². The Balaban J connectivity index is 1.18. The summed E-state index contributed by atoms with van der Waals surface area (Å²) < 4.78 is 0. The zero-order valence-corrected chi connectivity index (χ0v) is 21.8. The summed E-state index contributed by atoms with van der Waals surface area (Å²) in [5, 5.41) is 4.61. The minimum Gasteiger partial charge on any atom is -0.340 e. The van der Waals surface area contributed by atoms with E-state index in [1.807, 2.05) is 68.3 Å². The highest BCUT2D eigenvalue weighted by Gasteiger charge is 2.51. The molecule has 3 heterocycles. The van der Waals surface area contributed by atoms with Crippen LogP contribution in [0.4, 0.5) is 11.4 Å². The van der Waals surface area contributed by atoms with Crippen LogP contribution < -0.4 is 15.8 Å². The minimum atomic E-state index is -0.305. The molecule has 196 valence electrons. The molecule has 3 atom stereocenters. The number of amides is 3. The van der Waals surface area contributed by atoms with Crippen LogP contribution in [0, 0.1) is 25.7 Å². The van der Waals surface area contributed by atoms with Gasteiger partial charge in [-0.1, -0.05) is 24.3 Å². The molecule has 0 spiro atoms. The number of rotatable bonds is 5. The first kappa shape index (κ1) is 25.4. The molecule has 0 aliphatic carbocycles. The Labute approximate surface area is 218 Å². The maximum Gasteiger partial charge on any atom is 0.247 e. The number of hydrogen-bond donors (Lipinski definition) is 2. The average molecular weight is 505 g/mol. The standard InChI is InChI=1S/C28H36N6O3/c1-19-13-20(2)15-21(14-19)29-25(35)18-32-9-11-33(12-10-32)27(36)23-16-31(3)17-24-26(23)30-34(28(24)37)22-7-5-4-6-8-22/h4-8,13-15,23-24,26,30H,9-12,16-18H2,1-3H3,(H,29,35). The number of carbonyl (C=O) groups excluding carboxylic acids is 3. The molecule has 0 saturated carbocycles. The second-order valence-corrected chi connectivity index (χ2v) is 10.6. The highest BCUT2D eigenvalue weighted by atomic mass is 16.2. The molecule has 9 nitrogen and oxygen atoms in total. The van der Waals surface area contributed by atoms with Crippen LogP contribution in [0.1, 0.15) is 11.1 Å². The average Bonchev–Trinajstić information content (AvgIpc) is 3.19. The van der Waals surface area contributed by atoms with Gasteiger partial charge in [0, 0.05) is 45.0 Å². The van der Waals surface area contributed by atoms with E-state index >= 15 is 0 Å². The minimum absolute atomic E-state index is 0.0141. The third-order valence-corrected chi connectivity index (χ3v) is 7.59. The molecule has 2 aromatic carbocycles. The Kier molecular flexibility index (Phi) is 7.28. The van der Waals surface area contributed by atoms with Crippen molar-refractivity contribution >= 4 is 29.1 Å². The molecule has 37 heavy (non-hydrogen) atoms. The van der Waals surface area contributed by atoms with Gasteiger partial charge in [0.1, 0.15) is 0 Å². The van der Waals surface area contributed by atoms with Gasteiger partial charge in [-0.3, -0.25) is 19.3 Å². The van der Waals surface area contributed by atoms with Gasteiger partial charge in [-0.15, -0.1) is 0 Å². The van der Waals surface area contributed by atoms with Crippen LogP contribution in [-0.2, 0) is 14.4 Å². The third kappa shape index (κ3) is 5.53. The molecule has 0 aromatic heterocycles. The molecule has 3 aliphatic heterocycles. The number of hydrazine groups is 1. The van der Waals surface area contributed by atoms with Crippen LogP contribution in [0.15, 0.2) is 48.5 Å². The summed E-state index contributed by atoms with van der Waals surface area (Å²) in [7, 11) is 1.97. The monoisotopic (exact) mass is 504 g/mol. The van der Waals surface area contributed by atoms with Crippen molar-refractivity contribution in [3.05, 3.63) is 59.7 Å². The van der Waals surface area contributed by atoms with Gasteiger partial charge in [0.25, 0.3) is 0 Å². The van der Waals surface area contributed by atoms with Crippen molar-refractivity contribution in [3.63, 3.8) is 0 Å². The maximum absolute atomic E-state index is 13.7. The van der Waals surface area contributed by atoms with Crippen molar-refractivity contribution < 1.29 is 14.4 Å². The summed E-state index contributed by atoms with van der Waals surface area (Å²) in [6.07, 6.45) is 0. The summed E-state index contributed by atoms with van der Waals surface area (Å²) in [6, 6.07) is 15.3. The Morgan fingerprint density at radius 1 is 0.973 bits per heavy atom. The largest absolute Gasteiger partial charge is 0.340 e. The van der Waals surface area contributed by atoms with E-state index in [1.165, 1.54) is 0 Å². The lowest BCUT2D eigenvalue weighted by Crippen LogP contribution is -2.59. The molecule has 3 unspecified atom stereocenters. The fourth-order valence-corrected chi connectivity index (χ4v) is 5.87. The quantitative estimate of drug-likeness (QED) is 0.642. The van der Waals surface area contributed by atoms with Crippen LogP contribution in [0.3, 0.4) is 0 Å². The molecule has 9 heteroatoms. The SMILES string of the molecule is Cc1cc(C)cc(NC(=O)CN2CCN(C(=O)C3CN(C)CC4C(=O)N(c5ccccc5)NC34)CC2)c1. The van der Waals surface area contributed by atoms with Gasteiger partial charge in [-0.25, -0.2) is 10.4 Å². The smallest absolute Gasteiger partial charge is 0.247 e. The predicted octanol–water partition coefficient (Wildman–Crippen LogP) is 1.48. The van der Waals surface area contributed by atoms with Crippen molar-refractivity contribution in [2.24, 2.45) is 11.8 Å². The Morgan fingerprint density at radius 3 is 2.32 bits per heavy atom. The molecule has 2 aromatic rings. The molecule has 0 bridgehead atoms. The number of hydrogen-bond acceptors (Lipinski definition) is 6. The van der Waals surface area contributed by atoms with Crippen LogP contribution >= 0.6 is 0 Å². The first-order chi connectivity index (χ1) is 17.8. The zero-order valence-electron chi connectivity index (χ0n) is 21.8. The first-order valence-corrected chi connectivity index (χ1v) is 13.0. The molecule has 3 saturated heterocycles. The van der Waals surface area contributed by atoms with E-state index in [0.29, 0.717) is 45.8 Å². The normalized spacial score (nSPS) is 24.7. The fraction of sp³-hybridized carbons (Fsp3) is 0.464. The number of piperidine rings is 1. The van der Waals surface area contributed by atoms with Crippen molar-refractivity contribution in [3.8, 4) is 0 Å². The number of benzene rings is 2. The number of fused-ring (bicyclic) bond motifs is 1. The highest BCUT2D eigenvalue weighted by Crippen LogP contribution is 2.32. The molecule has 2 N–H and O–H groups in total. The number of piperazine rings is 1. The lowest BCUT2D eigenvalue weighted by Gasteiger charge is -2.41. The van der Waals surface area contributed by atoms with Crippen molar-refractivity contribution in [2.75, 3.05) is 63.2 Å². The summed E-state index contributed by atoms with van der Waals surface area (Å²) in [5.41, 5.74) is 7.20. The van der Waals surface area contributed by atoms with Gasteiger partial charge < -0.3 is 15.1 Å². The van der Waals surface area contributed by atoms with Crippen LogP contribution in [0.2, 0.25) is 0 Å². The Bertz CT molecular complexity index is 1140. The van der Waals surface area contributed by atoms with Crippen LogP contribution in [0.25, 0.3) is 0 Å². The first-order valence-electron chi connectivity index (χ1n) is 13.0. The number of likely N-dealkylation sites (tertiary alicyclic amines) is 1. The molecule has 3 aliphatic rings. The Hall–Kier alpha value is -3.27. The van der Waals surface area contributed by atoms with Crippen LogP contribution in [0.5, 0.6) is 0 Å². The van der Waals surface area contributed by atoms with E-state index in [2.05, 4.69) is 26.6 Å². The van der Waals surface area contributed by atoms with Crippen LogP contribution in [-0.4, -0.2) is 91.3 Å². The molecule has 0 radical (unpaired) electrons. The topological polar surface area (TPSA) is 88.2 Å². The number of nitrogens with zero attached hydrogens (tertiary/aromatic N) is 4. The lowest BCUT2D eigenvalue weighted by molar-refractivity contribution is -0.141. The second kappa shape index (κ2) is 10.6. The maximum atomic E-state index is 13.7. The van der Waals surface area contributed by atoms with E-state index in [0.717, 1.165) is 22.5 Å². The van der Waals surface area contributed by atoms with Crippen molar-refractivity contribution in [2.45, 2.75) is 19.9 Å². The molecule has 3 amide bonds. The summed E-state index contributed by atoms with van der Waals surface area (Å²) >= 11 is 0. The van der Waals surface area contributed by atoms with Gasteiger partial charge in [0.15, 0.2) is 0 Å². The zero-order chi connectivity index (χ0) is 26.1. The summed E-state index contributed by atoms with van der Waals surface area (Å²) in [5.74, 6) is -0.517. The molecular weight excluding hydrogens is 468 g/mol. The van der Waals surface area contributed by atoms with Gasteiger partial charge in [0.2, 0.25) is 17.7 Å². The number of aryl methyl sites for hydroxylation is 2. The fourth-order valence-electron chi connectivity index (χ4n) is 5.87. The van der Waals surface area contributed by atoms with E-state index in [4.69, 9.17) is 0 Å². The highest BCUT2D eigenvalue weighted by molar-refractivity contribution is 5.98. The second-order valence-electron chi connectivity index (χ2n) is 10.6. The molecular formula is C28H36N6O3. The summed E-state index contributed by atoms with van der Waals surface area (Å²) in [4.78, 5) is 45.6. The van der Waals surface area contributed by atoms with Gasteiger partial charge >= 0.3 is 0 Å². The van der Waals surface area contributed by atoms with E-state index in [-0.39, 0.29) is 35.6 Å². The number of anilines is 2. The summed E-state index contributed by atoms with van der Waals surface area (Å²) in [6.45, 7) is 8.01. The molecule has 5 rings (SSSR count). The van der Waals surface area contributed by atoms with Gasteiger partial charge in [0.05, 0.1) is 30.1 Å². The van der Waals surface area contributed by atoms with Gasteiger partial charge in [-0.05, 0) is 56.3 Å². The van der Waals surface area contributed by atoms with E-state index < -0.39 is 0 Å². The third-order valence-electron chi connectivity index (χ3n) is 7.59. The number of nitrogens with one attached hydrogen (secondary N) is 2. The van der Waals surface area contributed by atoms with E-state index in [9.17, 15) is 14.4 Å². The Morgan fingerprint density at radius 2 is 1.65 bits per heavy atom. The lowest BCUT2D eigenvalue weighted by atomic mass is 9.84. The van der Waals surface area contributed by atoms with E-state index in [1.54, 1.807) is 5.01 Å².